The maximum atomic E-state index is 12.8. The van der Waals surface area contributed by atoms with Crippen LogP contribution in [0.4, 0.5) is 30.2 Å². The van der Waals surface area contributed by atoms with E-state index in [1.165, 1.54) is 6.07 Å². The molecular weight excluding hydrogens is 355 g/mol. The molecule has 0 saturated carbocycles. The fourth-order valence-electron chi connectivity index (χ4n) is 2.08. The van der Waals surface area contributed by atoms with Crippen LogP contribution in [0.15, 0.2) is 42.5 Å². The molecule has 0 aliphatic heterocycles. The molecule has 8 heteroatoms. The molecule has 0 aromatic heterocycles. The van der Waals surface area contributed by atoms with Gasteiger partial charge in [-0.25, -0.2) is 0 Å². The van der Waals surface area contributed by atoms with Crippen LogP contribution in [-0.4, -0.2) is 26.5 Å². The summed E-state index contributed by atoms with van der Waals surface area (Å²) in [5.41, 5.74) is 0.801. The van der Waals surface area contributed by atoms with Crippen molar-refractivity contribution < 1.29 is 18.0 Å². The molecule has 2 aromatic rings. The highest BCUT2D eigenvalue weighted by Crippen LogP contribution is 2.36. The van der Waals surface area contributed by atoms with Crippen LogP contribution in [0.3, 0.4) is 0 Å². The number of benzene rings is 2. The van der Waals surface area contributed by atoms with Crippen LogP contribution in [-0.2, 0) is 11.0 Å². The third-order valence-corrected chi connectivity index (χ3v) is 3.72. The number of carbonyl (C=O) groups is 1. The van der Waals surface area contributed by atoms with E-state index in [9.17, 15) is 18.0 Å². The summed E-state index contributed by atoms with van der Waals surface area (Å²) in [6, 6.07) is 10.6. The second kappa shape index (κ2) is 7.65. The first-order valence-electron chi connectivity index (χ1n) is 7.34. The van der Waals surface area contributed by atoms with Crippen LogP contribution in [0, 0.1) is 0 Å². The highest BCUT2D eigenvalue weighted by molar-refractivity contribution is 6.31. The van der Waals surface area contributed by atoms with E-state index < -0.39 is 11.7 Å². The first-order valence-corrected chi connectivity index (χ1v) is 7.72. The van der Waals surface area contributed by atoms with E-state index in [2.05, 4.69) is 10.6 Å². The van der Waals surface area contributed by atoms with Crippen molar-refractivity contribution >= 4 is 34.6 Å². The normalized spacial score (nSPS) is 11.1. The summed E-state index contributed by atoms with van der Waals surface area (Å²) in [4.78, 5) is 13.8. The standard InChI is InChI=1S/C17H17ClF3N3O/c1-24(2)13-6-3-11(4-7-13)23-16(25)10-22-12-5-8-15(18)14(9-12)17(19,20)21/h3-9,22H,10H2,1-2H3,(H,23,25). The Morgan fingerprint density at radius 3 is 2.24 bits per heavy atom. The zero-order valence-electron chi connectivity index (χ0n) is 13.6. The number of hydrogen-bond acceptors (Lipinski definition) is 3. The number of alkyl halides is 3. The van der Waals surface area contributed by atoms with Gasteiger partial charge in [-0.05, 0) is 42.5 Å². The predicted molar refractivity (Wildman–Crippen MR) is 94.3 cm³/mol. The van der Waals surface area contributed by atoms with Gasteiger partial charge in [0.15, 0.2) is 0 Å². The van der Waals surface area contributed by atoms with Crippen molar-refractivity contribution in [3.63, 3.8) is 0 Å². The summed E-state index contributed by atoms with van der Waals surface area (Å²) in [5.74, 6) is -0.374. The molecule has 1 amide bonds. The number of carbonyl (C=O) groups excluding carboxylic acids is 1. The maximum Gasteiger partial charge on any atom is 0.417 e. The highest BCUT2D eigenvalue weighted by Gasteiger charge is 2.33. The van der Waals surface area contributed by atoms with Gasteiger partial charge < -0.3 is 15.5 Å². The zero-order valence-corrected chi connectivity index (χ0v) is 14.4. The number of amides is 1. The van der Waals surface area contributed by atoms with Crippen LogP contribution in [0.25, 0.3) is 0 Å². The SMILES string of the molecule is CN(C)c1ccc(NC(=O)CNc2ccc(Cl)c(C(F)(F)F)c2)cc1. The Morgan fingerprint density at radius 2 is 1.68 bits per heavy atom. The van der Waals surface area contributed by atoms with Crippen molar-refractivity contribution in [2.75, 3.05) is 36.2 Å². The van der Waals surface area contributed by atoms with Gasteiger partial charge >= 0.3 is 6.18 Å². The Kier molecular flexibility index (Phi) is 5.79. The van der Waals surface area contributed by atoms with Crippen LogP contribution in [0.5, 0.6) is 0 Å². The summed E-state index contributed by atoms with van der Waals surface area (Å²) in [6.07, 6.45) is -4.55. The smallest absolute Gasteiger partial charge is 0.378 e. The molecular formula is C17H17ClF3N3O. The fourth-order valence-corrected chi connectivity index (χ4v) is 2.31. The molecule has 2 rings (SSSR count). The van der Waals surface area contributed by atoms with Crippen molar-refractivity contribution in [2.45, 2.75) is 6.18 Å². The summed E-state index contributed by atoms with van der Waals surface area (Å²) < 4.78 is 38.4. The molecule has 0 heterocycles. The minimum Gasteiger partial charge on any atom is -0.378 e. The average molecular weight is 372 g/mol. The Bertz CT molecular complexity index is 746. The van der Waals surface area contributed by atoms with Gasteiger partial charge in [0.05, 0.1) is 17.1 Å². The van der Waals surface area contributed by atoms with Gasteiger partial charge in [-0.2, -0.15) is 13.2 Å². The van der Waals surface area contributed by atoms with E-state index in [1.54, 1.807) is 12.1 Å². The topological polar surface area (TPSA) is 44.4 Å². The van der Waals surface area contributed by atoms with E-state index in [0.29, 0.717) is 5.69 Å². The molecule has 2 aromatic carbocycles. The lowest BCUT2D eigenvalue weighted by atomic mass is 10.2. The summed E-state index contributed by atoms with van der Waals surface area (Å²) in [6.45, 7) is -0.172. The second-order valence-corrected chi connectivity index (χ2v) is 5.94. The molecule has 0 aliphatic carbocycles. The monoisotopic (exact) mass is 371 g/mol. The van der Waals surface area contributed by atoms with Crippen LogP contribution < -0.4 is 15.5 Å². The van der Waals surface area contributed by atoms with Crippen molar-refractivity contribution in [3.05, 3.63) is 53.1 Å². The summed E-state index contributed by atoms with van der Waals surface area (Å²) >= 11 is 5.56. The molecule has 0 saturated heterocycles. The highest BCUT2D eigenvalue weighted by atomic mass is 35.5. The molecule has 0 fully saturated rings. The van der Waals surface area contributed by atoms with Crippen molar-refractivity contribution in [1.29, 1.82) is 0 Å². The largest absolute Gasteiger partial charge is 0.417 e. The van der Waals surface area contributed by atoms with Gasteiger partial charge in [-0.3, -0.25) is 4.79 Å². The van der Waals surface area contributed by atoms with E-state index in [1.807, 2.05) is 31.1 Å². The molecule has 4 nitrogen and oxygen atoms in total. The molecule has 0 radical (unpaired) electrons. The molecule has 0 atom stereocenters. The number of anilines is 3. The number of rotatable bonds is 5. The molecule has 0 aliphatic rings. The molecule has 25 heavy (non-hydrogen) atoms. The Balaban J connectivity index is 1.96. The van der Waals surface area contributed by atoms with Gasteiger partial charge in [0.2, 0.25) is 5.91 Å². The van der Waals surface area contributed by atoms with Gasteiger partial charge in [0.25, 0.3) is 0 Å². The Hall–Kier alpha value is -2.41. The van der Waals surface area contributed by atoms with E-state index in [0.717, 1.165) is 17.8 Å². The third kappa shape index (κ3) is 5.29. The molecule has 2 N–H and O–H groups in total. The van der Waals surface area contributed by atoms with Crippen molar-refractivity contribution in [1.82, 2.24) is 0 Å². The lowest BCUT2D eigenvalue weighted by Crippen LogP contribution is -2.22. The Morgan fingerprint density at radius 1 is 1.08 bits per heavy atom. The third-order valence-electron chi connectivity index (χ3n) is 3.39. The van der Waals surface area contributed by atoms with Crippen LogP contribution >= 0.6 is 11.6 Å². The lowest BCUT2D eigenvalue weighted by molar-refractivity contribution is -0.137. The van der Waals surface area contributed by atoms with Gasteiger partial charge in [0, 0.05) is 31.2 Å². The van der Waals surface area contributed by atoms with Crippen LogP contribution in [0.2, 0.25) is 5.02 Å². The lowest BCUT2D eigenvalue weighted by Gasteiger charge is -2.14. The van der Waals surface area contributed by atoms with Crippen molar-refractivity contribution in [2.24, 2.45) is 0 Å². The zero-order chi connectivity index (χ0) is 18.6. The predicted octanol–water partition coefficient (Wildman–Crippen LogP) is 4.48. The Labute approximate surface area is 148 Å². The van der Waals surface area contributed by atoms with E-state index in [-0.39, 0.29) is 23.2 Å². The number of halogens is 4. The fraction of sp³-hybridized carbons (Fsp3) is 0.235. The van der Waals surface area contributed by atoms with Gasteiger partial charge in [0.1, 0.15) is 0 Å². The molecule has 0 bridgehead atoms. The number of nitrogens with zero attached hydrogens (tertiary/aromatic N) is 1. The second-order valence-electron chi connectivity index (χ2n) is 5.54. The average Bonchev–Trinajstić information content (AvgIpc) is 2.53. The first kappa shape index (κ1) is 18.9. The van der Waals surface area contributed by atoms with Crippen LogP contribution in [0.1, 0.15) is 5.56 Å². The molecule has 0 spiro atoms. The van der Waals surface area contributed by atoms with Crippen molar-refractivity contribution in [3.8, 4) is 0 Å². The maximum absolute atomic E-state index is 12.8. The molecule has 134 valence electrons. The number of nitrogens with one attached hydrogen (secondary N) is 2. The van der Waals surface area contributed by atoms with Gasteiger partial charge in [-0.15, -0.1) is 0 Å². The number of hydrogen-bond donors (Lipinski definition) is 2. The van der Waals surface area contributed by atoms with E-state index in [4.69, 9.17) is 11.6 Å². The summed E-state index contributed by atoms with van der Waals surface area (Å²) in [5, 5.41) is 4.94. The summed E-state index contributed by atoms with van der Waals surface area (Å²) in [7, 11) is 3.80. The van der Waals surface area contributed by atoms with E-state index >= 15 is 0 Å². The molecule has 0 unspecified atom stereocenters. The minimum absolute atomic E-state index is 0.162. The quantitative estimate of drug-likeness (QED) is 0.814. The van der Waals surface area contributed by atoms with Gasteiger partial charge in [-0.1, -0.05) is 11.6 Å². The first-order chi connectivity index (χ1) is 11.7. The minimum atomic E-state index is -4.55.